The van der Waals surface area contributed by atoms with Gasteiger partial charge in [-0.15, -0.1) is 0 Å². The van der Waals surface area contributed by atoms with Crippen molar-refractivity contribution < 1.29 is 4.74 Å². The average molecular weight is 479 g/mol. The summed E-state index contributed by atoms with van der Waals surface area (Å²) < 4.78 is 6.19. The van der Waals surface area contributed by atoms with Crippen LogP contribution in [0.2, 0.25) is 0 Å². The van der Waals surface area contributed by atoms with E-state index in [0.29, 0.717) is 6.61 Å². The van der Waals surface area contributed by atoms with Crippen molar-refractivity contribution in [1.82, 2.24) is 9.80 Å². The van der Waals surface area contributed by atoms with E-state index in [-0.39, 0.29) is 6.04 Å². The third kappa shape index (κ3) is 5.61. The number of thiocarbonyl (C=S) groups is 1. The third-order valence-electron chi connectivity index (χ3n) is 6.55. The van der Waals surface area contributed by atoms with E-state index in [4.69, 9.17) is 17.0 Å². The Morgan fingerprint density at radius 1 is 0.657 bits per heavy atom. The largest absolute Gasteiger partial charge is 0.488 e. The fraction of sp³-hybridized carbons (Fsp3) is 0.194. The minimum atomic E-state index is 0.245. The molecule has 1 aliphatic heterocycles. The predicted molar refractivity (Wildman–Crippen MR) is 147 cm³/mol. The van der Waals surface area contributed by atoms with Crippen molar-refractivity contribution in [3.8, 4) is 5.75 Å². The van der Waals surface area contributed by atoms with Crippen LogP contribution in [0.25, 0.3) is 0 Å². The van der Waals surface area contributed by atoms with Crippen LogP contribution < -0.4 is 4.74 Å². The molecule has 1 saturated heterocycles. The van der Waals surface area contributed by atoms with Crippen molar-refractivity contribution in [3.63, 3.8) is 0 Å². The molecule has 3 nitrogen and oxygen atoms in total. The van der Waals surface area contributed by atoms with Crippen molar-refractivity contribution in [2.75, 3.05) is 26.2 Å². The van der Waals surface area contributed by atoms with Crippen LogP contribution >= 0.6 is 12.2 Å². The van der Waals surface area contributed by atoms with Gasteiger partial charge in [0, 0.05) is 26.2 Å². The number of benzene rings is 4. The van der Waals surface area contributed by atoms with Crippen molar-refractivity contribution in [2.24, 2.45) is 0 Å². The average Bonchev–Trinajstić information content (AvgIpc) is 2.94. The molecule has 0 aliphatic carbocycles. The SMILES string of the molecule is S=C(c1ccccc1OCc1ccccc1)N1CCN(C(c2ccccc2)c2ccccc2)CC1. The van der Waals surface area contributed by atoms with Crippen molar-refractivity contribution in [1.29, 1.82) is 0 Å². The highest BCUT2D eigenvalue weighted by Crippen LogP contribution is 2.30. The van der Waals surface area contributed by atoms with Gasteiger partial charge in [0.25, 0.3) is 0 Å². The van der Waals surface area contributed by atoms with Gasteiger partial charge < -0.3 is 9.64 Å². The van der Waals surface area contributed by atoms with E-state index in [0.717, 1.165) is 48.0 Å². The van der Waals surface area contributed by atoms with Crippen molar-refractivity contribution in [3.05, 3.63) is 138 Å². The number of hydrogen-bond acceptors (Lipinski definition) is 3. The van der Waals surface area contributed by atoms with E-state index in [1.807, 2.05) is 36.4 Å². The zero-order chi connectivity index (χ0) is 23.9. The second-order valence-electron chi connectivity index (χ2n) is 8.82. The van der Waals surface area contributed by atoms with Gasteiger partial charge in [-0.3, -0.25) is 4.90 Å². The molecule has 5 rings (SSSR count). The molecule has 0 atom stereocenters. The molecule has 0 N–H and O–H groups in total. The van der Waals surface area contributed by atoms with E-state index in [2.05, 4.69) is 88.7 Å². The van der Waals surface area contributed by atoms with E-state index in [1.54, 1.807) is 0 Å². The first-order valence-corrected chi connectivity index (χ1v) is 12.6. The zero-order valence-electron chi connectivity index (χ0n) is 19.8. The summed E-state index contributed by atoms with van der Waals surface area (Å²) >= 11 is 5.98. The number of rotatable bonds is 7. The molecule has 1 fully saturated rings. The lowest BCUT2D eigenvalue weighted by Crippen LogP contribution is -2.49. The minimum Gasteiger partial charge on any atom is -0.488 e. The maximum Gasteiger partial charge on any atom is 0.130 e. The molecule has 4 aromatic carbocycles. The molecule has 4 aromatic rings. The Morgan fingerprint density at radius 3 is 1.77 bits per heavy atom. The van der Waals surface area contributed by atoms with Crippen molar-refractivity contribution >= 4 is 17.2 Å². The smallest absolute Gasteiger partial charge is 0.130 e. The first kappa shape index (κ1) is 23.3. The van der Waals surface area contributed by atoms with Crippen LogP contribution in [0, 0.1) is 0 Å². The van der Waals surface area contributed by atoms with Crippen LogP contribution in [0.1, 0.15) is 28.3 Å². The standard InChI is InChI=1S/C31H30N2OS/c35-31(28-18-10-11-19-29(28)34-24-25-12-4-1-5-13-25)33-22-20-32(21-23-33)30(26-14-6-2-7-15-26)27-16-8-3-9-17-27/h1-19,30H,20-24H2. The van der Waals surface area contributed by atoms with Gasteiger partial charge in [0.15, 0.2) is 0 Å². The summed E-state index contributed by atoms with van der Waals surface area (Å²) in [5.74, 6) is 0.843. The Bertz CT molecular complexity index is 1180. The van der Waals surface area contributed by atoms with Crippen LogP contribution in [0.4, 0.5) is 0 Å². The molecule has 4 heteroatoms. The van der Waals surface area contributed by atoms with E-state index in [9.17, 15) is 0 Å². The lowest BCUT2D eigenvalue weighted by molar-refractivity contribution is 0.151. The van der Waals surface area contributed by atoms with Gasteiger partial charge in [0.1, 0.15) is 17.3 Å². The second-order valence-corrected chi connectivity index (χ2v) is 9.21. The minimum absolute atomic E-state index is 0.245. The number of nitrogens with zero attached hydrogens (tertiary/aromatic N) is 2. The fourth-order valence-electron chi connectivity index (χ4n) is 4.74. The molecular formula is C31H30N2OS. The molecule has 176 valence electrons. The van der Waals surface area contributed by atoms with Gasteiger partial charge in [-0.25, -0.2) is 0 Å². The van der Waals surface area contributed by atoms with E-state index in [1.165, 1.54) is 11.1 Å². The summed E-state index contributed by atoms with van der Waals surface area (Å²) in [6.07, 6.45) is 0. The molecule has 0 bridgehead atoms. The highest BCUT2D eigenvalue weighted by atomic mass is 32.1. The van der Waals surface area contributed by atoms with Gasteiger partial charge in [0.05, 0.1) is 11.6 Å². The molecular weight excluding hydrogens is 448 g/mol. The van der Waals surface area contributed by atoms with E-state index >= 15 is 0 Å². The van der Waals surface area contributed by atoms with Crippen LogP contribution in [-0.2, 0) is 6.61 Å². The maximum absolute atomic E-state index is 6.19. The van der Waals surface area contributed by atoms with Gasteiger partial charge in [-0.1, -0.05) is 115 Å². The van der Waals surface area contributed by atoms with Crippen molar-refractivity contribution in [2.45, 2.75) is 12.6 Å². The summed E-state index contributed by atoms with van der Waals surface area (Å²) in [5, 5.41) is 0. The van der Waals surface area contributed by atoms with Crippen LogP contribution in [0.15, 0.2) is 115 Å². The molecule has 0 saturated carbocycles. The molecule has 1 heterocycles. The number of ether oxygens (including phenoxy) is 1. The fourth-order valence-corrected chi connectivity index (χ4v) is 5.09. The number of hydrogen-bond donors (Lipinski definition) is 0. The summed E-state index contributed by atoms with van der Waals surface area (Å²) in [4.78, 5) is 5.76. The maximum atomic E-state index is 6.19. The molecule has 35 heavy (non-hydrogen) atoms. The topological polar surface area (TPSA) is 15.7 Å². The Morgan fingerprint density at radius 2 is 1.17 bits per heavy atom. The summed E-state index contributed by atoms with van der Waals surface area (Å²) in [5.41, 5.74) is 4.80. The Labute approximate surface area is 213 Å². The zero-order valence-corrected chi connectivity index (χ0v) is 20.6. The first-order chi connectivity index (χ1) is 17.3. The summed E-state index contributed by atoms with van der Waals surface area (Å²) in [6, 6.07) is 40.2. The van der Waals surface area contributed by atoms with E-state index < -0.39 is 0 Å². The third-order valence-corrected chi connectivity index (χ3v) is 7.03. The molecule has 1 aliphatic rings. The number of piperazine rings is 1. The Balaban J connectivity index is 1.28. The Hall–Kier alpha value is -3.47. The monoisotopic (exact) mass is 478 g/mol. The van der Waals surface area contributed by atoms with Crippen LogP contribution in [0.5, 0.6) is 5.75 Å². The van der Waals surface area contributed by atoms with Crippen LogP contribution in [0.3, 0.4) is 0 Å². The second kappa shape index (κ2) is 11.3. The lowest BCUT2D eigenvalue weighted by Gasteiger charge is -2.41. The van der Waals surface area contributed by atoms with Gasteiger partial charge in [-0.05, 0) is 28.8 Å². The van der Waals surface area contributed by atoms with Gasteiger partial charge in [0.2, 0.25) is 0 Å². The molecule has 0 amide bonds. The van der Waals surface area contributed by atoms with Crippen LogP contribution in [-0.4, -0.2) is 41.0 Å². The predicted octanol–water partition coefficient (Wildman–Crippen LogP) is 6.35. The summed E-state index contributed by atoms with van der Waals surface area (Å²) in [6.45, 7) is 4.21. The molecule has 0 radical (unpaired) electrons. The highest BCUT2D eigenvalue weighted by Gasteiger charge is 2.28. The highest BCUT2D eigenvalue weighted by molar-refractivity contribution is 7.80. The first-order valence-electron chi connectivity index (χ1n) is 12.2. The lowest BCUT2D eigenvalue weighted by atomic mass is 9.96. The van der Waals surface area contributed by atoms with Gasteiger partial charge in [-0.2, -0.15) is 0 Å². The quantitative estimate of drug-likeness (QED) is 0.288. The normalized spacial score (nSPS) is 14.1. The number of para-hydroxylation sites is 1. The molecule has 0 spiro atoms. The van der Waals surface area contributed by atoms with Gasteiger partial charge >= 0.3 is 0 Å². The Kier molecular flexibility index (Phi) is 7.52. The molecule has 0 aromatic heterocycles. The summed E-state index contributed by atoms with van der Waals surface area (Å²) in [7, 11) is 0. The molecule has 0 unspecified atom stereocenters.